The molecule has 2 rings (SSSR count). The number of aryl methyl sites for hydroxylation is 1. The van der Waals surface area contributed by atoms with Gasteiger partial charge in [-0.1, -0.05) is 23.7 Å². The van der Waals surface area contributed by atoms with Crippen molar-refractivity contribution in [3.63, 3.8) is 0 Å². The van der Waals surface area contributed by atoms with E-state index in [0.29, 0.717) is 27.8 Å². The number of anilines is 1. The topological polar surface area (TPSA) is 67.9 Å². The third kappa shape index (κ3) is 4.92. The molecule has 0 saturated carbocycles. The highest BCUT2D eigenvalue weighted by Gasteiger charge is 2.18. The molecule has 2 aromatic carbocycles. The Morgan fingerprint density at radius 1 is 1.11 bits per heavy atom. The van der Waals surface area contributed by atoms with Crippen molar-refractivity contribution in [2.24, 2.45) is 0 Å². The van der Waals surface area contributed by atoms with E-state index < -0.39 is 0 Å². The summed E-state index contributed by atoms with van der Waals surface area (Å²) in [6, 6.07) is 10.4. The summed E-state index contributed by atoms with van der Waals surface area (Å²) in [4.78, 5) is 26.1. The number of nitrogens with one attached hydrogen (secondary N) is 1. The molecule has 6 nitrogen and oxygen atoms in total. The number of carbonyl (C=O) groups is 2. The third-order valence-corrected chi connectivity index (χ3v) is 4.51. The van der Waals surface area contributed by atoms with E-state index in [0.717, 1.165) is 5.56 Å². The fourth-order valence-electron chi connectivity index (χ4n) is 2.68. The number of methoxy groups -OCH3 is 2. The second-order valence-electron chi connectivity index (χ2n) is 5.90. The van der Waals surface area contributed by atoms with E-state index in [1.807, 2.05) is 6.92 Å². The molecule has 144 valence electrons. The standard InChI is InChI=1S/C20H23ClN2O4/c1-13-11-17(19(27-4)12-16(13)21)23(14(2)24)10-9-22-20(25)15-7-5-6-8-18(15)26-3/h5-8,11-12H,9-10H2,1-4H3,(H,22,25). The molecular formula is C20H23ClN2O4. The summed E-state index contributed by atoms with van der Waals surface area (Å²) >= 11 is 6.14. The van der Waals surface area contributed by atoms with Crippen LogP contribution in [0.5, 0.6) is 11.5 Å². The first-order valence-electron chi connectivity index (χ1n) is 8.42. The minimum absolute atomic E-state index is 0.165. The van der Waals surface area contributed by atoms with Crippen LogP contribution in [0.2, 0.25) is 5.02 Å². The number of halogens is 1. The Morgan fingerprint density at radius 3 is 2.41 bits per heavy atom. The van der Waals surface area contributed by atoms with Crippen LogP contribution >= 0.6 is 11.6 Å². The molecule has 0 unspecified atom stereocenters. The van der Waals surface area contributed by atoms with Gasteiger partial charge in [0, 0.05) is 31.1 Å². The summed E-state index contributed by atoms with van der Waals surface area (Å²) in [5.41, 5.74) is 1.88. The van der Waals surface area contributed by atoms with Crippen molar-refractivity contribution in [2.45, 2.75) is 13.8 Å². The minimum atomic E-state index is -0.268. The Hall–Kier alpha value is -2.73. The highest BCUT2D eigenvalue weighted by Crippen LogP contribution is 2.33. The lowest BCUT2D eigenvalue weighted by Crippen LogP contribution is -2.37. The van der Waals surface area contributed by atoms with Gasteiger partial charge in [-0.3, -0.25) is 9.59 Å². The molecule has 0 spiro atoms. The first-order valence-corrected chi connectivity index (χ1v) is 8.80. The first kappa shape index (κ1) is 20.6. The van der Waals surface area contributed by atoms with Gasteiger partial charge in [0.05, 0.1) is 25.5 Å². The van der Waals surface area contributed by atoms with Gasteiger partial charge in [-0.25, -0.2) is 0 Å². The van der Waals surface area contributed by atoms with Crippen molar-refractivity contribution in [1.82, 2.24) is 5.32 Å². The minimum Gasteiger partial charge on any atom is -0.496 e. The van der Waals surface area contributed by atoms with Crippen LogP contribution in [0.15, 0.2) is 36.4 Å². The van der Waals surface area contributed by atoms with E-state index in [-0.39, 0.29) is 24.9 Å². The number of hydrogen-bond acceptors (Lipinski definition) is 4. The molecule has 0 atom stereocenters. The lowest BCUT2D eigenvalue weighted by atomic mass is 10.1. The lowest BCUT2D eigenvalue weighted by molar-refractivity contribution is -0.116. The van der Waals surface area contributed by atoms with Gasteiger partial charge in [0.15, 0.2) is 0 Å². The Labute approximate surface area is 164 Å². The molecule has 2 amide bonds. The normalized spacial score (nSPS) is 10.3. The highest BCUT2D eigenvalue weighted by molar-refractivity contribution is 6.31. The van der Waals surface area contributed by atoms with Crippen LogP contribution in [0.3, 0.4) is 0 Å². The van der Waals surface area contributed by atoms with Crippen LogP contribution in [0.4, 0.5) is 5.69 Å². The zero-order valence-corrected chi connectivity index (χ0v) is 16.6. The summed E-state index contributed by atoms with van der Waals surface area (Å²) in [7, 11) is 3.03. The molecule has 7 heteroatoms. The molecule has 0 saturated heterocycles. The fraction of sp³-hybridized carbons (Fsp3) is 0.300. The Kier molecular flexibility index (Phi) is 7.07. The number of rotatable bonds is 7. The van der Waals surface area contributed by atoms with Crippen LogP contribution in [-0.2, 0) is 4.79 Å². The molecule has 0 bridgehead atoms. The fourth-order valence-corrected chi connectivity index (χ4v) is 2.83. The van der Waals surface area contributed by atoms with Crippen LogP contribution in [0.25, 0.3) is 0 Å². The third-order valence-electron chi connectivity index (χ3n) is 4.10. The van der Waals surface area contributed by atoms with Gasteiger partial charge in [-0.2, -0.15) is 0 Å². The molecule has 0 aliphatic rings. The summed E-state index contributed by atoms with van der Waals surface area (Å²) in [5, 5.41) is 3.37. The average Bonchev–Trinajstić information content (AvgIpc) is 2.66. The number of ether oxygens (including phenoxy) is 2. The van der Waals surface area contributed by atoms with Gasteiger partial charge in [0.1, 0.15) is 11.5 Å². The Bertz CT molecular complexity index is 839. The van der Waals surface area contributed by atoms with Crippen molar-refractivity contribution >= 4 is 29.1 Å². The molecule has 0 aliphatic heterocycles. The molecule has 0 aliphatic carbocycles. The predicted molar refractivity (Wildman–Crippen MR) is 106 cm³/mol. The van der Waals surface area contributed by atoms with Crippen LogP contribution in [0, 0.1) is 6.92 Å². The van der Waals surface area contributed by atoms with Crippen molar-refractivity contribution in [2.75, 3.05) is 32.2 Å². The van der Waals surface area contributed by atoms with Crippen LogP contribution < -0.4 is 19.7 Å². The monoisotopic (exact) mass is 390 g/mol. The quantitative estimate of drug-likeness (QED) is 0.786. The van der Waals surface area contributed by atoms with Crippen LogP contribution in [-0.4, -0.2) is 39.1 Å². The number of carbonyl (C=O) groups excluding carboxylic acids is 2. The number of hydrogen-bond donors (Lipinski definition) is 1. The van der Waals surface area contributed by atoms with Gasteiger partial charge in [-0.15, -0.1) is 0 Å². The second kappa shape index (κ2) is 9.28. The van der Waals surface area contributed by atoms with E-state index in [1.165, 1.54) is 21.1 Å². The number of amides is 2. The molecule has 27 heavy (non-hydrogen) atoms. The smallest absolute Gasteiger partial charge is 0.255 e. The van der Waals surface area contributed by atoms with Crippen molar-refractivity contribution < 1.29 is 19.1 Å². The molecule has 2 aromatic rings. The second-order valence-corrected chi connectivity index (χ2v) is 6.31. The van der Waals surface area contributed by atoms with Crippen molar-refractivity contribution in [1.29, 1.82) is 0 Å². The SMILES string of the molecule is COc1ccccc1C(=O)NCCN(C(C)=O)c1cc(C)c(Cl)cc1OC. The summed E-state index contributed by atoms with van der Waals surface area (Å²) < 4.78 is 10.6. The van der Waals surface area contributed by atoms with E-state index in [1.54, 1.807) is 41.3 Å². The largest absolute Gasteiger partial charge is 0.496 e. The molecule has 0 heterocycles. The van der Waals surface area contributed by atoms with Crippen molar-refractivity contribution in [3.8, 4) is 11.5 Å². The molecular weight excluding hydrogens is 368 g/mol. The van der Waals surface area contributed by atoms with Crippen molar-refractivity contribution in [3.05, 3.63) is 52.5 Å². The number of nitrogens with zero attached hydrogens (tertiary/aromatic N) is 1. The van der Waals surface area contributed by atoms with Crippen LogP contribution in [0.1, 0.15) is 22.8 Å². The highest BCUT2D eigenvalue weighted by atomic mass is 35.5. The Morgan fingerprint density at radius 2 is 1.78 bits per heavy atom. The van der Waals surface area contributed by atoms with Gasteiger partial charge < -0.3 is 19.7 Å². The molecule has 0 fully saturated rings. The van der Waals surface area contributed by atoms with Gasteiger partial charge in [-0.05, 0) is 30.7 Å². The molecule has 0 radical (unpaired) electrons. The summed E-state index contributed by atoms with van der Waals surface area (Å²) in [5.74, 6) is 0.557. The lowest BCUT2D eigenvalue weighted by Gasteiger charge is -2.24. The van der Waals surface area contributed by atoms with E-state index >= 15 is 0 Å². The van der Waals surface area contributed by atoms with E-state index in [9.17, 15) is 9.59 Å². The van der Waals surface area contributed by atoms with E-state index in [4.69, 9.17) is 21.1 Å². The predicted octanol–water partition coefficient (Wildman–Crippen LogP) is 3.45. The maximum atomic E-state index is 12.4. The Balaban J connectivity index is 2.13. The maximum Gasteiger partial charge on any atom is 0.255 e. The van der Waals surface area contributed by atoms with Gasteiger partial charge in [0.2, 0.25) is 5.91 Å². The zero-order chi connectivity index (χ0) is 20.0. The number of benzene rings is 2. The van der Waals surface area contributed by atoms with E-state index in [2.05, 4.69) is 5.32 Å². The zero-order valence-electron chi connectivity index (χ0n) is 15.8. The number of para-hydroxylation sites is 1. The summed E-state index contributed by atoms with van der Waals surface area (Å²) in [6.45, 7) is 3.87. The average molecular weight is 391 g/mol. The van der Waals surface area contributed by atoms with Gasteiger partial charge >= 0.3 is 0 Å². The molecule has 0 aromatic heterocycles. The molecule has 1 N–H and O–H groups in total. The maximum absolute atomic E-state index is 12.4. The van der Waals surface area contributed by atoms with Gasteiger partial charge in [0.25, 0.3) is 5.91 Å². The summed E-state index contributed by atoms with van der Waals surface area (Å²) in [6.07, 6.45) is 0. The first-order chi connectivity index (χ1) is 12.9.